The van der Waals surface area contributed by atoms with Gasteiger partial charge in [0.2, 0.25) is 0 Å². The number of carbonyl (C=O) groups excluding carboxylic acids is 2. The first kappa shape index (κ1) is 22.1. The van der Waals surface area contributed by atoms with Crippen molar-refractivity contribution in [2.24, 2.45) is 0 Å². The quantitative estimate of drug-likeness (QED) is 0.187. The highest BCUT2D eigenvalue weighted by Gasteiger charge is 2.34. The van der Waals surface area contributed by atoms with Crippen molar-refractivity contribution in [1.82, 2.24) is 9.55 Å². The average Bonchev–Trinajstić information content (AvgIpc) is 3.59. The van der Waals surface area contributed by atoms with E-state index in [9.17, 15) is 9.59 Å². The van der Waals surface area contributed by atoms with E-state index in [1.54, 1.807) is 18.2 Å². The van der Waals surface area contributed by atoms with Crippen molar-refractivity contribution >= 4 is 50.1 Å². The van der Waals surface area contributed by atoms with Gasteiger partial charge < -0.3 is 0 Å². The topological polar surface area (TPSA) is 75.8 Å². The largest absolute Gasteiger partial charge is 0.294 e. The van der Waals surface area contributed by atoms with E-state index >= 15 is 0 Å². The van der Waals surface area contributed by atoms with Gasteiger partial charge in [0.15, 0.2) is 17.2 Å². The summed E-state index contributed by atoms with van der Waals surface area (Å²) >= 11 is 1.53. The monoisotopic (exact) mass is 507 g/mol. The second kappa shape index (κ2) is 8.48. The summed E-state index contributed by atoms with van der Waals surface area (Å²) in [7, 11) is 0. The van der Waals surface area contributed by atoms with Gasteiger partial charge in [-0.1, -0.05) is 54.6 Å². The summed E-state index contributed by atoms with van der Waals surface area (Å²) in [6.07, 6.45) is 1.69. The van der Waals surface area contributed by atoms with Gasteiger partial charge in [0.05, 0.1) is 27.6 Å². The number of fused-ring (bicyclic) bond motifs is 3. The number of aromatic nitrogens is 2. The van der Waals surface area contributed by atoms with Crippen LogP contribution in [-0.2, 0) is 0 Å². The minimum absolute atomic E-state index is 0.157. The lowest BCUT2D eigenvalue weighted by Crippen LogP contribution is -2.03. The predicted octanol–water partition coefficient (Wildman–Crippen LogP) is 7.24. The van der Waals surface area contributed by atoms with Crippen LogP contribution >= 0.6 is 11.3 Å². The first-order valence-corrected chi connectivity index (χ1v) is 12.8. The molecular formula is C32H17N3O2S. The molecule has 4 aromatic carbocycles. The molecule has 5 nitrogen and oxygen atoms in total. The van der Waals surface area contributed by atoms with E-state index < -0.39 is 0 Å². The third-order valence-electron chi connectivity index (χ3n) is 6.82. The van der Waals surface area contributed by atoms with Crippen LogP contribution in [0.4, 0.5) is 0 Å². The Labute approximate surface area is 221 Å². The van der Waals surface area contributed by atoms with Crippen LogP contribution in [0.2, 0.25) is 0 Å². The molecule has 0 saturated heterocycles. The van der Waals surface area contributed by atoms with E-state index in [4.69, 9.17) is 10.2 Å². The van der Waals surface area contributed by atoms with Crippen molar-refractivity contribution in [1.29, 1.82) is 5.26 Å². The number of hydrogen-bond donors (Lipinski definition) is 0. The van der Waals surface area contributed by atoms with Gasteiger partial charge in [-0.2, -0.15) is 5.26 Å². The van der Waals surface area contributed by atoms with Crippen molar-refractivity contribution in [2.45, 2.75) is 0 Å². The molecule has 2 heterocycles. The van der Waals surface area contributed by atoms with Crippen molar-refractivity contribution < 1.29 is 9.59 Å². The van der Waals surface area contributed by atoms with Crippen LogP contribution in [0.1, 0.15) is 32.0 Å². The molecule has 0 unspecified atom stereocenters. The molecule has 38 heavy (non-hydrogen) atoms. The van der Waals surface area contributed by atoms with Gasteiger partial charge in [-0.15, -0.1) is 11.3 Å². The number of Topliss-reactive ketones (excluding diaryl/α,β-unsaturated/α-hetero) is 2. The van der Waals surface area contributed by atoms with Gasteiger partial charge in [-0.3, -0.25) is 14.2 Å². The van der Waals surface area contributed by atoms with E-state index in [1.165, 1.54) is 11.3 Å². The molecule has 6 heteroatoms. The zero-order chi connectivity index (χ0) is 25.8. The highest BCUT2D eigenvalue weighted by Crippen LogP contribution is 2.37. The third kappa shape index (κ3) is 3.41. The third-order valence-corrected chi connectivity index (χ3v) is 7.86. The lowest BCUT2D eigenvalue weighted by atomic mass is 10.0. The molecule has 6 aromatic rings. The molecule has 7 rings (SSSR count). The Balaban J connectivity index is 1.38. The zero-order valence-corrected chi connectivity index (χ0v) is 20.7. The summed E-state index contributed by atoms with van der Waals surface area (Å²) < 4.78 is 2.91. The standard InChI is InChI=1S/C32H17N3O2S/c33-18-19-10-12-20(13-11-19)32-34-31-28(38-32)17-24(35(31)23-8-2-1-3-9-23)16-27-29(36)25-14-21-6-4-5-7-22(21)15-26(25)30(27)37/h1-17H. The van der Waals surface area contributed by atoms with Gasteiger partial charge in [0, 0.05) is 22.4 Å². The summed E-state index contributed by atoms with van der Waals surface area (Å²) in [6, 6.07) is 32.6. The SMILES string of the molecule is N#Cc1ccc(-c2nc3c(cc(C=C4C(=O)c5cc6ccccc6cc5C4=O)n3-c3ccccc3)s2)cc1. The number of rotatable bonds is 3. The molecule has 0 fully saturated rings. The summed E-state index contributed by atoms with van der Waals surface area (Å²) in [5, 5.41) is 11.8. The fourth-order valence-corrected chi connectivity index (χ4v) is 5.96. The molecule has 0 saturated carbocycles. The second-order valence-electron chi connectivity index (χ2n) is 9.10. The van der Waals surface area contributed by atoms with E-state index in [0.29, 0.717) is 22.4 Å². The van der Waals surface area contributed by atoms with Crippen LogP contribution in [0.15, 0.2) is 103 Å². The number of ketones is 2. The Morgan fingerprint density at radius 1 is 0.789 bits per heavy atom. The fourth-order valence-electron chi connectivity index (χ4n) is 4.95. The molecular weight excluding hydrogens is 490 g/mol. The van der Waals surface area contributed by atoms with Crippen molar-refractivity contribution in [2.75, 3.05) is 0 Å². The molecule has 0 aliphatic heterocycles. The summed E-state index contributed by atoms with van der Waals surface area (Å²) in [5.41, 5.74) is 4.91. The number of para-hydroxylation sites is 1. The Morgan fingerprint density at radius 3 is 2.05 bits per heavy atom. The van der Waals surface area contributed by atoms with E-state index in [1.807, 2.05) is 89.5 Å². The van der Waals surface area contributed by atoms with Gasteiger partial charge in [-0.05, 0) is 59.3 Å². The maximum absolute atomic E-state index is 13.4. The minimum Gasteiger partial charge on any atom is -0.294 e. The lowest BCUT2D eigenvalue weighted by Gasteiger charge is -2.07. The van der Waals surface area contributed by atoms with E-state index in [2.05, 4.69) is 6.07 Å². The smallest absolute Gasteiger partial charge is 0.197 e. The second-order valence-corrected chi connectivity index (χ2v) is 10.1. The maximum Gasteiger partial charge on any atom is 0.197 e. The predicted molar refractivity (Wildman–Crippen MR) is 150 cm³/mol. The zero-order valence-electron chi connectivity index (χ0n) is 19.9. The first-order valence-electron chi connectivity index (χ1n) is 12.0. The van der Waals surface area contributed by atoms with Crippen LogP contribution in [0, 0.1) is 11.3 Å². The highest BCUT2D eigenvalue weighted by atomic mass is 32.1. The van der Waals surface area contributed by atoms with Crippen molar-refractivity contribution in [3.8, 4) is 22.3 Å². The number of benzene rings is 4. The van der Waals surface area contributed by atoms with Crippen LogP contribution < -0.4 is 0 Å². The van der Waals surface area contributed by atoms with Crippen LogP contribution in [0.25, 0.3) is 43.5 Å². The van der Waals surface area contributed by atoms with E-state index in [-0.39, 0.29) is 17.1 Å². The minimum atomic E-state index is -0.258. The van der Waals surface area contributed by atoms with Crippen molar-refractivity contribution in [3.05, 3.63) is 125 Å². The van der Waals surface area contributed by atoms with Gasteiger partial charge in [0.25, 0.3) is 0 Å². The summed E-state index contributed by atoms with van der Waals surface area (Å²) in [6.45, 7) is 0. The molecule has 2 aromatic heterocycles. The molecule has 0 radical (unpaired) electrons. The Bertz CT molecular complexity index is 1950. The number of allylic oxidation sites excluding steroid dienone is 1. The molecule has 0 amide bonds. The van der Waals surface area contributed by atoms with Crippen LogP contribution in [0.5, 0.6) is 0 Å². The van der Waals surface area contributed by atoms with Gasteiger partial charge in [0.1, 0.15) is 5.01 Å². The molecule has 178 valence electrons. The Morgan fingerprint density at radius 2 is 1.42 bits per heavy atom. The number of nitriles is 1. The molecule has 0 atom stereocenters. The number of nitrogens with zero attached hydrogens (tertiary/aromatic N) is 3. The van der Waals surface area contributed by atoms with E-state index in [0.717, 1.165) is 37.4 Å². The highest BCUT2D eigenvalue weighted by molar-refractivity contribution is 7.21. The first-order chi connectivity index (χ1) is 18.6. The fraction of sp³-hybridized carbons (Fsp3) is 0. The average molecular weight is 508 g/mol. The summed E-state index contributed by atoms with van der Waals surface area (Å²) in [5.74, 6) is -0.516. The lowest BCUT2D eigenvalue weighted by molar-refractivity contribution is 0.0990. The number of thiazole rings is 1. The molecule has 0 N–H and O–H groups in total. The van der Waals surface area contributed by atoms with Gasteiger partial charge >= 0.3 is 0 Å². The van der Waals surface area contributed by atoms with Crippen LogP contribution in [0.3, 0.4) is 0 Å². The normalized spacial score (nSPS) is 12.8. The molecule has 0 spiro atoms. The number of carbonyl (C=O) groups is 2. The molecule has 1 aliphatic rings. The maximum atomic E-state index is 13.4. The molecule has 1 aliphatic carbocycles. The summed E-state index contributed by atoms with van der Waals surface area (Å²) in [4.78, 5) is 31.8. The molecule has 0 bridgehead atoms. The van der Waals surface area contributed by atoms with Crippen LogP contribution in [-0.4, -0.2) is 21.1 Å². The Hall–Kier alpha value is -5.12. The van der Waals surface area contributed by atoms with Crippen molar-refractivity contribution in [3.63, 3.8) is 0 Å². The Kier molecular flexibility index (Phi) is 4.93. The number of hydrogen-bond acceptors (Lipinski definition) is 5. The van der Waals surface area contributed by atoms with Gasteiger partial charge in [-0.25, -0.2) is 4.98 Å².